The van der Waals surface area contributed by atoms with E-state index in [1.165, 1.54) is 19.6 Å². The summed E-state index contributed by atoms with van der Waals surface area (Å²) in [6, 6.07) is 0. The second-order valence-electron chi connectivity index (χ2n) is 2.19. The van der Waals surface area contributed by atoms with E-state index in [9.17, 15) is 4.79 Å². The zero-order valence-electron chi connectivity index (χ0n) is 7.02. The number of nitrogens with one attached hydrogen (secondary N) is 1. The summed E-state index contributed by atoms with van der Waals surface area (Å²) in [5.74, 6) is -0.163. The second-order valence-corrected chi connectivity index (χ2v) is 2.19. The van der Waals surface area contributed by atoms with E-state index in [1.54, 1.807) is 0 Å². The maximum absolute atomic E-state index is 10.2. The first-order valence-electron chi connectivity index (χ1n) is 3.53. The van der Waals surface area contributed by atoms with Crippen LogP contribution in [0.3, 0.4) is 0 Å². The minimum Gasteiger partial charge on any atom is -0.491 e. The molecule has 0 bridgehead atoms. The lowest BCUT2D eigenvalue weighted by atomic mass is 10.5. The Hall–Kier alpha value is -1.85. The first-order valence-corrected chi connectivity index (χ1v) is 3.53. The molecule has 0 saturated carbocycles. The summed E-state index contributed by atoms with van der Waals surface area (Å²) in [7, 11) is 1.46. The number of anilines is 1. The van der Waals surface area contributed by atoms with Gasteiger partial charge in [0.15, 0.2) is 11.6 Å². The Morgan fingerprint density at radius 3 is 3.15 bits per heavy atom. The molecule has 0 aromatic carbocycles. The van der Waals surface area contributed by atoms with E-state index in [-0.39, 0.29) is 6.54 Å². The van der Waals surface area contributed by atoms with Crippen LogP contribution >= 0.6 is 0 Å². The number of rotatable bonds is 4. The number of carbonyl (C=O) groups is 1. The number of ether oxygens (including phenoxy) is 1. The first-order chi connectivity index (χ1) is 6.24. The van der Waals surface area contributed by atoms with Gasteiger partial charge in [0.2, 0.25) is 0 Å². The van der Waals surface area contributed by atoms with Crippen molar-refractivity contribution in [3.63, 3.8) is 0 Å². The molecule has 1 rings (SSSR count). The fraction of sp³-hybridized carbons (Fsp3) is 0.286. The van der Waals surface area contributed by atoms with Crippen molar-refractivity contribution in [2.45, 2.75) is 0 Å². The third-order valence-corrected chi connectivity index (χ3v) is 1.31. The number of carboxylic acids is 1. The van der Waals surface area contributed by atoms with Crippen molar-refractivity contribution in [2.75, 3.05) is 19.0 Å². The molecule has 1 aromatic rings. The summed E-state index contributed by atoms with van der Waals surface area (Å²) in [4.78, 5) is 17.8. The monoisotopic (exact) mass is 183 g/mol. The summed E-state index contributed by atoms with van der Waals surface area (Å²) >= 11 is 0. The van der Waals surface area contributed by atoms with Gasteiger partial charge in [-0.05, 0) is 0 Å². The van der Waals surface area contributed by atoms with Gasteiger partial charge in [-0.3, -0.25) is 4.79 Å². The molecule has 0 amide bonds. The van der Waals surface area contributed by atoms with Gasteiger partial charge in [-0.15, -0.1) is 0 Å². The first kappa shape index (κ1) is 9.24. The summed E-state index contributed by atoms with van der Waals surface area (Å²) in [5, 5.41) is 11.0. The smallest absolute Gasteiger partial charge is 0.322 e. The molecule has 0 aliphatic rings. The van der Waals surface area contributed by atoms with Gasteiger partial charge in [-0.1, -0.05) is 0 Å². The molecule has 0 aliphatic carbocycles. The minimum atomic E-state index is -0.958. The molecule has 6 heteroatoms. The Balaban J connectivity index is 2.69. The molecular weight excluding hydrogens is 174 g/mol. The van der Waals surface area contributed by atoms with Crippen molar-refractivity contribution in [1.29, 1.82) is 0 Å². The van der Waals surface area contributed by atoms with Gasteiger partial charge in [-0.25, -0.2) is 9.97 Å². The number of hydrogen-bond donors (Lipinski definition) is 2. The molecule has 0 aliphatic heterocycles. The van der Waals surface area contributed by atoms with Crippen molar-refractivity contribution >= 4 is 11.8 Å². The van der Waals surface area contributed by atoms with E-state index in [1.807, 2.05) is 0 Å². The molecule has 1 heterocycles. The largest absolute Gasteiger partial charge is 0.491 e. The van der Waals surface area contributed by atoms with Crippen molar-refractivity contribution in [1.82, 2.24) is 9.97 Å². The number of methoxy groups -OCH3 is 1. The minimum absolute atomic E-state index is 0.201. The lowest BCUT2D eigenvalue weighted by molar-refractivity contribution is -0.134. The zero-order chi connectivity index (χ0) is 9.68. The average Bonchev–Trinajstić information content (AvgIpc) is 2.15. The average molecular weight is 183 g/mol. The van der Waals surface area contributed by atoms with Gasteiger partial charge < -0.3 is 15.2 Å². The molecule has 0 atom stereocenters. The molecule has 70 valence electrons. The molecule has 0 fully saturated rings. The molecular formula is C7H9N3O3. The van der Waals surface area contributed by atoms with Crippen LogP contribution in [0.4, 0.5) is 5.82 Å². The number of aromatic nitrogens is 2. The van der Waals surface area contributed by atoms with Crippen LogP contribution in [0.1, 0.15) is 0 Å². The predicted molar refractivity (Wildman–Crippen MR) is 44.7 cm³/mol. The standard InChI is InChI=1S/C7H9N3O3/c1-13-5-2-8-4-10-7(5)9-3-6(11)12/h2,4H,3H2,1H3,(H,11,12)(H,8,9,10). The van der Waals surface area contributed by atoms with E-state index in [0.717, 1.165) is 0 Å². The Morgan fingerprint density at radius 2 is 2.54 bits per heavy atom. The summed E-state index contributed by atoms with van der Waals surface area (Å²) in [6.45, 7) is -0.201. The highest BCUT2D eigenvalue weighted by molar-refractivity contribution is 5.72. The number of hydrogen-bond acceptors (Lipinski definition) is 5. The highest BCUT2D eigenvalue weighted by Gasteiger charge is 2.04. The van der Waals surface area contributed by atoms with Crippen molar-refractivity contribution in [2.24, 2.45) is 0 Å². The SMILES string of the molecule is COc1cncnc1NCC(=O)O. The molecule has 2 N–H and O–H groups in total. The van der Waals surface area contributed by atoms with Gasteiger partial charge in [0, 0.05) is 0 Å². The molecule has 0 spiro atoms. The van der Waals surface area contributed by atoms with E-state index >= 15 is 0 Å². The molecule has 0 saturated heterocycles. The van der Waals surface area contributed by atoms with Crippen LogP contribution in [-0.4, -0.2) is 34.7 Å². The van der Waals surface area contributed by atoms with Crippen LogP contribution in [0.25, 0.3) is 0 Å². The van der Waals surface area contributed by atoms with E-state index in [0.29, 0.717) is 11.6 Å². The second kappa shape index (κ2) is 4.24. The molecule has 1 aromatic heterocycles. The normalized spacial score (nSPS) is 9.31. The fourth-order valence-corrected chi connectivity index (χ4v) is 0.758. The lowest BCUT2D eigenvalue weighted by Gasteiger charge is -2.06. The highest BCUT2D eigenvalue weighted by Crippen LogP contribution is 2.17. The van der Waals surface area contributed by atoms with Crippen LogP contribution in [-0.2, 0) is 4.79 Å². The van der Waals surface area contributed by atoms with E-state index in [4.69, 9.17) is 9.84 Å². The van der Waals surface area contributed by atoms with Crippen molar-refractivity contribution < 1.29 is 14.6 Å². The highest BCUT2D eigenvalue weighted by atomic mass is 16.5. The van der Waals surface area contributed by atoms with Gasteiger partial charge >= 0.3 is 5.97 Å². The maximum Gasteiger partial charge on any atom is 0.322 e. The van der Waals surface area contributed by atoms with Gasteiger partial charge in [0.1, 0.15) is 12.9 Å². The Labute approximate surface area is 74.6 Å². The maximum atomic E-state index is 10.2. The topological polar surface area (TPSA) is 84.3 Å². The summed E-state index contributed by atoms with van der Waals surface area (Å²) in [5.41, 5.74) is 0. The Kier molecular flexibility index (Phi) is 3.02. The fourth-order valence-electron chi connectivity index (χ4n) is 0.758. The van der Waals surface area contributed by atoms with Crippen molar-refractivity contribution in [3.05, 3.63) is 12.5 Å². The Morgan fingerprint density at radius 1 is 1.77 bits per heavy atom. The van der Waals surface area contributed by atoms with Crippen LogP contribution in [0, 0.1) is 0 Å². The quantitative estimate of drug-likeness (QED) is 0.682. The van der Waals surface area contributed by atoms with Crippen LogP contribution in [0.2, 0.25) is 0 Å². The molecule has 6 nitrogen and oxygen atoms in total. The van der Waals surface area contributed by atoms with Gasteiger partial charge in [0.25, 0.3) is 0 Å². The third kappa shape index (κ3) is 2.58. The third-order valence-electron chi connectivity index (χ3n) is 1.31. The van der Waals surface area contributed by atoms with Crippen molar-refractivity contribution in [3.8, 4) is 5.75 Å². The molecule has 13 heavy (non-hydrogen) atoms. The van der Waals surface area contributed by atoms with E-state index in [2.05, 4.69) is 15.3 Å². The molecule has 0 radical (unpaired) electrons. The number of aliphatic carboxylic acids is 1. The van der Waals surface area contributed by atoms with Gasteiger partial charge in [0.05, 0.1) is 13.3 Å². The van der Waals surface area contributed by atoms with E-state index < -0.39 is 5.97 Å². The number of nitrogens with zero attached hydrogens (tertiary/aromatic N) is 2. The van der Waals surface area contributed by atoms with Crippen LogP contribution in [0.5, 0.6) is 5.75 Å². The predicted octanol–water partition coefficient (Wildman–Crippen LogP) is -0.0183. The van der Waals surface area contributed by atoms with Crippen LogP contribution < -0.4 is 10.1 Å². The lowest BCUT2D eigenvalue weighted by Crippen LogP contribution is -2.13. The summed E-state index contributed by atoms with van der Waals surface area (Å²) < 4.78 is 4.90. The van der Waals surface area contributed by atoms with Gasteiger partial charge in [-0.2, -0.15) is 0 Å². The number of carboxylic acid groups (broad SMARTS) is 1. The zero-order valence-corrected chi connectivity index (χ0v) is 7.02. The van der Waals surface area contributed by atoms with Crippen LogP contribution in [0.15, 0.2) is 12.5 Å². The molecule has 0 unspecified atom stereocenters. The summed E-state index contributed by atoms with van der Waals surface area (Å²) in [6.07, 6.45) is 2.77. The Bertz CT molecular complexity index is 303.